The molecular formula is C25H22ClN3O5S2. The predicted octanol–water partition coefficient (Wildman–Crippen LogP) is 5.54. The van der Waals surface area contributed by atoms with E-state index >= 15 is 0 Å². The lowest BCUT2D eigenvalue weighted by Crippen LogP contribution is -2.31. The lowest BCUT2D eigenvalue weighted by atomic mass is 10.2. The molecule has 8 nitrogen and oxygen atoms in total. The number of anilines is 2. The first kappa shape index (κ1) is 25.6. The number of nitrogens with zero attached hydrogens (tertiary/aromatic N) is 2. The molecule has 0 aliphatic carbocycles. The summed E-state index contributed by atoms with van der Waals surface area (Å²) >= 11 is 8.95. The highest BCUT2D eigenvalue weighted by molar-refractivity contribution is 8.14. The van der Waals surface area contributed by atoms with Crippen LogP contribution in [0.25, 0.3) is 6.08 Å². The highest BCUT2D eigenvalue weighted by Gasteiger charge is 2.33. The fourth-order valence-corrected chi connectivity index (χ4v) is 5.06. The number of amides is 2. The van der Waals surface area contributed by atoms with Gasteiger partial charge in [0.2, 0.25) is 5.91 Å². The van der Waals surface area contributed by atoms with Crippen molar-refractivity contribution in [2.45, 2.75) is 0 Å². The Morgan fingerprint density at radius 3 is 2.58 bits per heavy atom. The van der Waals surface area contributed by atoms with Crippen LogP contribution in [-0.4, -0.2) is 44.1 Å². The Morgan fingerprint density at radius 2 is 1.92 bits per heavy atom. The monoisotopic (exact) mass is 543 g/mol. The molecule has 1 aromatic heterocycles. The second-order valence-corrected chi connectivity index (χ2v) is 9.63. The van der Waals surface area contributed by atoms with Gasteiger partial charge in [-0.1, -0.05) is 29.4 Å². The first-order valence-corrected chi connectivity index (χ1v) is 12.8. The Kier molecular flexibility index (Phi) is 8.19. The van der Waals surface area contributed by atoms with Crippen molar-refractivity contribution in [3.8, 4) is 17.2 Å². The van der Waals surface area contributed by atoms with Crippen LogP contribution in [-0.2, 0) is 9.59 Å². The number of amidine groups is 1. The summed E-state index contributed by atoms with van der Waals surface area (Å²) in [5.41, 5.74) is 1.29. The van der Waals surface area contributed by atoms with E-state index in [4.69, 9.17) is 25.8 Å². The lowest BCUT2D eigenvalue weighted by Gasteiger charge is -2.19. The average molecular weight is 544 g/mol. The third-order valence-electron chi connectivity index (χ3n) is 5.06. The number of methoxy groups -OCH3 is 3. The third-order valence-corrected chi connectivity index (χ3v) is 7.11. The SMILES string of the molecule is COc1ccc(NC(=O)CSC2=NC(=Cc3cccs3)C(=O)N2c2ccc(OC)c(Cl)c2)c(OC)c1. The van der Waals surface area contributed by atoms with E-state index < -0.39 is 0 Å². The van der Waals surface area contributed by atoms with Crippen LogP contribution in [0.4, 0.5) is 11.4 Å². The zero-order chi connectivity index (χ0) is 25.7. The predicted molar refractivity (Wildman–Crippen MR) is 146 cm³/mol. The maximum absolute atomic E-state index is 13.3. The molecule has 0 saturated carbocycles. The number of nitrogens with one attached hydrogen (secondary N) is 1. The minimum absolute atomic E-state index is 0.00790. The molecule has 1 N–H and O–H groups in total. The van der Waals surface area contributed by atoms with Gasteiger partial charge in [-0.3, -0.25) is 14.5 Å². The molecule has 0 saturated heterocycles. The first-order chi connectivity index (χ1) is 17.4. The fourth-order valence-electron chi connectivity index (χ4n) is 3.34. The number of hydrogen-bond acceptors (Lipinski definition) is 8. The fraction of sp³-hybridized carbons (Fsp3) is 0.160. The van der Waals surface area contributed by atoms with E-state index in [0.29, 0.717) is 38.8 Å². The minimum atomic E-state index is -0.315. The summed E-state index contributed by atoms with van der Waals surface area (Å²) in [5, 5.41) is 5.46. The van der Waals surface area contributed by atoms with E-state index in [2.05, 4.69) is 10.3 Å². The van der Waals surface area contributed by atoms with Gasteiger partial charge in [0, 0.05) is 10.9 Å². The summed E-state index contributed by atoms with van der Waals surface area (Å²) in [4.78, 5) is 33.0. The molecule has 2 amide bonds. The number of ether oxygens (including phenoxy) is 3. The average Bonchev–Trinajstić information content (AvgIpc) is 3.50. The number of carbonyl (C=O) groups is 2. The summed E-state index contributed by atoms with van der Waals surface area (Å²) in [5.74, 6) is 0.967. The number of carbonyl (C=O) groups excluding carboxylic acids is 2. The molecule has 36 heavy (non-hydrogen) atoms. The van der Waals surface area contributed by atoms with E-state index in [1.54, 1.807) is 49.6 Å². The number of hydrogen-bond donors (Lipinski definition) is 1. The number of benzene rings is 2. The van der Waals surface area contributed by atoms with Crippen LogP contribution in [0, 0.1) is 0 Å². The molecule has 0 atom stereocenters. The molecule has 1 aliphatic rings. The van der Waals surface area contributed by atoms with Crippen molar-refractivity contribution in [3.05, 3.63) is 69.5 Å². The maximum atomic E-state index is 13.3. The van der Waals surface area contributed by atoms with Gasteiger partial charge in [-0.2, -0.15) is 0 Å². The molecule has 2 heterocycles. The first-order valence-electron chi connectivity index (χ1n) is 10.6. The molecule has 0 radical (unpaired) electrons. The van der Waals surface area contributed by atoms with Gasteiger partial charge < -0.3 is 19.5 Å². The Labute approximate surface area is 221 Å². The highest BCUT2D eigenvalue weighted by atomic mass is 35.5. The van der Waals surface area contributed by atoms with Gasteiger partial charge in [0.25, 0.3) is 5.91 Å². The Bertz CT molecular complexity index is 1340. The van der Waals surface area contributed by atoms with Crippen molar-refractivity contribution < 1.29 is 23.8 Å². The van der Waals surface area contributed by atoms with Gasteiger partial charge in [0.1, 0.15) is 22.9 Å². The van der Waals surface area contributed by atoms with Crippen molar-refractivity contribution in [1.29, 1.82) is 0 Å². The van der Waals surface area contributed by atoms with Gasteiger partial charge in [0.15, 0.2) is 5.17 Å². The van der Waals surface area contributed by atoms with Crippen LogP contribution < -0.4 is 24.4 Å². The topological polar surface area (TPSA) is 89.5 Å². The molecule has 0 spiro atoms. The lowest BCUT2D eigenvalue weighted by molar-refractivity contribution is -0.114. The normalized spacial score (nSPS) is 14.1. The van der Waals surface area contributed by atoms with E-state index in [-0.39, 0.29) is 23.3 Å². The van der Waals surface area contributed by atoms with Crippen LogP contribution in [0.2, 0.25) is 5.02 Å². The van der Waals surface area contributed by atoms with Gasteiger partial charge in [-0.05, 0) is 47.9 Å². The number of thiophene rings is 1. The Morgan fingerprint density at radius 1 is 1.11 bits per heavy atom. The van der Waals surface area contributed by atoms with Crippen molar-refractivity contribution in [3.63, 3.8) is 0 Å². The smallest absolute Gasteiger partial charge is 0.283 e. The van der Waals surface area contributed by atoms with Crippen LogP contribution in [0.1, 0.15) is 4.88 Å². The molecule has 3 aromatic rings. The Balaban J connectivity index is 1.56. The van der Waals surface area contributed by atoms with Crippen LogP contribution in [0.5, 0.6) is 17.2 Å². The van der Waals surface area contributed by atoms with Crippen molar-refractivity contribution in [1.82, 2.24) is 0 Å². The summed E-state index contributed by atoms with van der Waals surface area (Å²) < 4.78 is 15.8. The van der Waals surface area contributed by atoms with E-state index in [1.807, 2.05) is 17.5 Å². The third kappa shape index (κ3) is 5.67. The number of halogens is 1. The molecule has 1 aliphatic heterocycles. The van der Waals surface area contributed by atoms with Crippen molar-refractivity contribution >= 4 is 69.1 Å². The number of aliphatic imine (C=N–C) groups is 1. The quantitative estimate of drug-likeness (QED) is 0.375. The molecule has 0 fully saturated rings. The minimum Gasteiger partial charge on any atom is -0.497 e. The summed E-state index contributed by atoms with van der Waals surface area (Å²) in [7, 11) is 4.58. The van der Waals surface area contributed by atoms with Gasteiger partial charge in [-0.25, -0.2) is 4.99 Å². The molecule has 0 bridgehead atoms. The van der Waals surface area contributed by atoms with E-state index in [9.17, 15) is 9.59 Å². The second-order valence-electron chi connectivity index (χ2n) is 7.30. The Hall–Kier alpha value is -3.47. The summed E-state index contributed by atoms with van der Waals surface area (Å²) in [6.45, 7) is 0. The van der Waals surface area contributed by atoms with Crippen LogP contribution >= 0.6 is 34.7 Å². The largest absolute Gasteiger partial charge is 0.497 e. The summed E-state index contributed by atoms with van der Waals surface area (Å²) in [6, 6.07) is 13.9. The summed E-state index contributed by atoms with van der Waals surface area (Å²) in [6.07, 6.45) is 1.72. The van der Waals surface area contributed by atoms with Gasteiger partial charge in [0.05, 0.1) is 43.5 Å². The zero-order valence-electron chi connectivity index (χ0n) is 19.6. The van der Waals surface area contributed by atoms with E-state index in [0.717, 1.165) is 16.6 Å². The standard InChI is InChI=1S/C25H22ClN3O5S2/c1-32-16-7-8-19(22(12-16)34-3)27-23(30)14-36-25-28-20(13-17-5-4-10-35-17)24(31)29(25)15-6-9-21(33-2)18(26)11-15/h4-13H,14H2,1-3H3,(H,27,30). The molecular weight excluding hydrogens is 522 g/mol. The molecule has 2 aromatic carbocycles. The molecule has 4 rings (SSSR count). The van der Waals surface area contributed by atoms with Crippen LogP contribution in [0.3, 0.4) is 0 Å². The molecule has 11 heteroatoms. The van der Waals surface area contributed by atoms with Gasteiger partial charge in [-0.15, -0.1) is 11.3 Å². The van der Waals surface area contributed by atoms with E-state index in [1.165, 1.54) is 30.5 Å². The number of thioether (sulfide) groups is 1. The van der Waals surface area contributed by atoms with Gasteiger partial charge >= 0.3 is 0 Å². The van der Waals surface area contributed by atoms with Crippen molar-refractivity contribution in [2.75, 3.05) is 37.3 Å². The zero-order valence-corrected chi connectivity index (χ0v) is 22.0. The van der Waals surface area contributed by atoms with Crippen LogP contribution in [0.15, 0.2) is 64.6 Å². The maximum Gasteiger partial charge on any atom is 0.283 e. The molecule has 0 unspecified atom stereocenters. The second kappa shape index (κ2) is 11.5. The molecule has 186 valence electrons. The highest BCUT2D eigenvalue weighted by Crippen LogP contribution is 2.35. The van der Waals surface area contributed by atoms with Crippen molar-refractivity contribution in [2.24, 2.45) is 4.99 Å². The number of rotatable bonds is 8.